The highest BCUT2D eigenvalue weighted by Gasteiger charge is 2.07. The molecule has 2 heterocycles. The number of halogens is 1. The summed E-state index contributed by atoms with van der Waals surface area (Å²) < 4.78 is 6.01. The number of hydrogen-bond donors (Lipinski definition) is 0. The van der Waals surface area contributed by atoms with Crippen LogP contribution in [0.3, 0.4) is 0 Å². The van der Waals surface area contributed by atoms with E-state index in [1.807, 2.05) is 48.5 Å². The zero-order valence-electron chi connectivity index (χ0n) is 11.8. The van der Waals surface area contributed by atoms with Crippen LogP contribution in [0.2, 0.25) is 5.02 Å². The Balaban J connectivity index is 2.03. The quantitative estimate of drug-likeness (QED) is 0.525. The van der Waals surface area contributed by atoms with Gasteiger partial charge in [-0.15, -0.1) is 10.2 Å². The number of nitrogens with zero attached hydrogens (tertiary/aromatic N) is 3. The maximum atomic E-state index is 6.12. The van der Waals surface area contributed by atoms with Crippen molar-refractivity contribution in [1.82, 2.24) is 10.2 Å². The van der Waals surface area contributed by atoms with Crippen LogP contribution in [0.5, 0.6) is 0 Å². The van der Waals surface area contributed by atoms with Crippen molar-refractivity contribution in [2.45, 2.75) is 0 Å². The van der Waals surface area contributed by atoms with Crippen LogP contribution in [0.15, 0.2) is 69.5 Å². The van der Waals surface area contributed by atoms with E-state index in [0.717, 1.165) is 27.7 Å². The van der Waals surface area contributed by atoms with Gasteiger partial charge in [0.15, 0.2) is 0 Å². The predicted octanol–water partition coefficient (Wildman–Crippen LogP) is 4.84. The monoisotopic (exact) mass is 339 g/mol. The average Bonchev–Trinajstić information content (AvgIpc) is 3.09. The van der Waals surface area contributed by atoms with E-state index in [9.17, 15) is 0 Å². The van der Waals surface area contributed by atoms with Gasteiger partial charge in [-0.05, 0) is 18.2 Å². The van der Waals surface area contributed by atoms with E-state index >= 15 is 0 Å². The van der Waals surface area contributed by atoms with Crippen molar-refractivity contribution in [2.24, 2.45) is 4.99 Å². The first-order valence-corrected chi connectivity index (χ1v) is 8.15. The second kappa shape index (κ2) is 5.95. The van der Waals surface area contributed by atoms with Crippen molar-refractivity contribution < 1.29 is 4.42 Å². The van der Waals surface area contributed by atoms with Crippen molar-refractivity contribution in [2.75, 3.05) is 0 Å². The normalized spacial score (nSPS) is 12.0. The summed E-state index contributed by atoms with van der Waals surface area (Å²) in [5, 5.41) is 10.6. The summed E-state index contributed by atoms with van der Waals surface area (Å²) in [4.78, 5) is 4.58. The summed E-state index contributed by atoms with van der Waals surface area (Å²) >= 11 is 7.50. The van der Waals surface area contributed by atoms with Crippen molar-refractivity contribution >= 4 is 39.0 Å². The lowest BCUT2D eigenvalue weighted by Gasteiger charge is -2.05. The number of rotatable bonds is 2. The van der Waals surface area contributed by atoms with Gasteiger partial charge in [-0.3, -0.25) is 0 Å². The molecule has 0 saturated heterocycles. The van der Waals surface area contributed by atoms with Gasteiger partial charge < -0.3 is 4.42 Å². The minimum absolute atomic E-state index is 0.594. The fourth-order valence-corrected chi connectivity index (χ4v) is 2.90. The smallest absolute Gasteiger partial charge is 0.231 e. The van der Waals surface area contributed by atoms with E-state index in [2.05, 4.69) is 15.2 Å². The van der Waals surface area contributed by atoms with Gasteiger partial charge in [0, 0.05) is 22.0 Å². The van der Waals surface area contributed by atoms with Crippen molar-refractivity contribution in [3.8, 4) is 11.3 Å². The van der Waals surface area contributed by atoms with Crippen LogP contribution in [0.4, 0.5) is 5.13 Å². The Bertz CT molecular complexity index is 1030. The first kappa shape index (κ1) is 14.1. The van der Waals surface area contributed by atoms with Gasteiger partial charge in [0.25, 0.3) is 0 Å². The summed E-state index contributed by atoms with van der Waals surface area (Å²) in [6.07, 6.45) is 0. The Hall–Kier alpha value is -2.50. The molecule has 0 unspecified atom stereocenters. The van der Waals surface area contributed by atoms with Gasteiger partial charge in [0.2, 0.25) is 5.13 Å². The van der Waals surface area contributed by atoms with E-state index in [1.165, 1.54) is 11.3 Å². The molecule has 0 atom stereocenters. The molecule has 0 N–H and O–H groups in total. The molecule has 23 heavy (non-hydrogen) atoms. The molecule has 0 saturated carbocycles. The zero-order valence-corrected chi connectivity index (χ0v) is 13.4. The predicted molar refractivity (Wildman–Crippen MR) is 91.8 cm³/mol. The molecule has 0 aliphatic rings. The molecular formula is C17H10ClN3OS. The lowest BCUT2D eigenvalue weighted by Crippen LogP contribution is -2.03. The van der Waals surface area contributed by atoms with Crippen molar-refractivity contribution in [3.63, 3.8) is 0 Å². The van der Waals surface area contributed by atoms with E-state index < -0.39 is 0 Å². The molecule has 2 aromatic carbocycles. The topological polar surface area (TPSA) is 51.3 Å². The van der Waals surface area contributed by atoms with Crippen LogP contribution >= 0.6 is 22.9 Å². The van der Waals surface area contributed by atoms with Crippen molar-refractivity contribution in [3.05, 3.63) is 70.5 Å². The molecule has 2 aromatic heterocycles. The van der Waals surface area contributed by atoms with Gasteiger partial charge in [-0.1, -0.05) is 53.3 Å². The van der Waals surface area contributed by atoms with Crippen LogP contribution in [0, 0.1) is 0 Å². The lowest BCUT2D eigenvalue weighted by atomic mass is 10.1. The lowest BCUT2D eigenvalue weighted by molar-refractivity contribution is 0.618. The number of aromatic nitrogens is 2. The Labute approximate surface area is 140 Å². The maximum Gasteiger partial charge on any atom is 0.231 e. The summed E-state index contributed by atoms with van der Waals surface area (Å²) in [5.74, 6) is 0.740. The highest BCUT2D eigenvalue weighted by atomic mass is 35.5. The van der Waals surface area contributed by atoms with Crippen LogP contribution in [-0.4, -0.2) is 10.2 Å². The fraction of sp³-hybridized carbons (Fsp3) is 0. The van der Waals surface area contributed by atoms with E-state index in [-0.39, 0.29) is 0 Å². The standard InChI is InChI=1S/C17H10ClN3OS/c18-12-6-7-15-13(8-12)14(20-17-21-19-10-23-17)9-16(22-15)11-4-2-1-3-5-11/h1-10H/b20-14+. The second-order valence-electron chi connectivity index (χ2n) is 4.84. The first-order valence-electron chi connectivity index (χ1n) is 6.89. The third-order valence-electron chi connectivity index (χ3n) is 3.33. The molecule has 4 aromatic rings. The Morgan fingerprint density at radius 1 is 1.04 bits per heavy atom. The molecule has 112 valence electrons. The molecule has 4 nitrogen and oxygen atoms in total. The van der Waals surface area contributed by atoms with Gasteiger partial charge in [-0.2, -0.15) is 0 Å². The molecule has 0 amide bonds. The molecule has 6 heteroatoms. The minimum Gasteiger partial charge on any atom is -0.456 e. The number of hydrogen-bond acceptors (Lipinski definition) is 5. The summed E-state index contributed by atoms with van der Waals surface area (Å²) in [6.45, 7) is 0. The third-order valence-corrected chi connectivity index (χ3v) is 4.15. The van der Waals surface area contributed by atoms with Gasteiger partial charge in [0.1, 0.15) is 16.9 Å². The largest absolute Gasteiger partial charge is 0.456 e. The van der Waals surface area contributed by atoms with Crippen LogP contribution < -0.4 is 5.36 Å². The van der Waals surface area contributed by atoms with E-state index in [4.69, 9.17) is 16.0 Å². The molecule has 0 aliphatic heterocycles. The molecule has 0 spiro atoms. The number of benzene rings is 2. The molecule has 0 aliphatic carbocycles. The second-order valence-corrected chi connectivity index (χ2v) is 6.08. The Morgan fingerprint density at radius 3 is 2.70 bits per heavy atom. The highest BCUT2D eigenvalue weighted by molar-refractivity contribution is 7.13. The van der Waals surface area contributed by atoms with E-state index in [1.54, 1.807) is 11.6 Å². The van der Waals surface area contributed by atoms with E-state index in [0.29, 0.717) is 10.2 Å². The molecule has 0 radical (unpaired) electrons. The first-order chi connectivity index (χ1) is 11.3. The molecular weight excluding hydrogens is 330 g/mol. The Kier molecular flexibility index (Phi) is 3.65. The minimum atomic E-state index is 0.594. The van der Waals surface area contributed by atoms with Crippen LogP contribution in [0.1, 0.15) is 0 Å². The molecule has 0 bridgehead atoms. The SMILES string of the molecule is Clc1ccc2oc(-c3ccccc3)c/c(=N\c3nncs3)c2c1. The summed E-state index contributed by atoms with van der Waals surface area (Å²) in [5.41, 5.74) is 3.36. The summed E-state index contributed by atoms with van der Waals surface area (Å²) in [6, 6.07) is 17.3. The zero-order chi connectivity index (χ0) is 15.6. The average molecular weight is 340 g/mol. The fourth-order valence-electron chi connectivity index (χ4n) is 2.30. The van der Waals surface area contributed by atoms with Crippen molar-refractivity contribution in [1.29, 1.82) is 0 Å². The van der Waals surface area contributed by atoms with Crippen LogP contribution in [0.25, 0.3) is 22.3 Å². The third kappa shape index (κ3) is 2.88. The van der Waals surface area contributed by atoms with Gasteiger partial charge in [-0.25, -0.2) is 4.99 Å². The molecule has 0 fully saturated rings. The van der Waals surface area contributed by atoms with Gasteiger partial charge >= 0.3 is 0 Å². The highest BCUT2D eigenvalue weighted by Crippen LogP contribution is 2.24. The van der Waals surface area contributed by atoms with Crippen LogP contribution in [-0.2, 0) is 0 Å². The number of fused-ring (bicyclic) bond motifs is 1. The summed E-state index contributed by atoms with van der Waals surface area (Å²) in [7, 11) is 0. The van der Waals surface area contributed by atoms with Gasteiger partial charge in [0.05, 0.1) is 5.36 Å². The molecule has 4 rings (SSSR count). The Morgan fingerprint density at radius 2 is 1.91 bits per heavy atom. The maximum absolute atomic E-state index is 6.12.